The van der Waals surface area contributed by atoms with E-state index >= 15 is 0 Å². The number of aliphatic hydroxyl groups excluding tert-OH is 1. The summed E-state index contributed by atoms with van der Waals surface area (Å²) in [6, 6.07) is 18.5. The second kappa shape index (κ2) is 10.7. The van der Waals surface area contributed by atoms with Crippen molar-refractivity contribution in [2.24, 2.45) is 0 Å². The van der Waals surface area contributed by atoms with Gasteiger partial charge in [-0.3, -0.25) is 4.90 Å². The first-order valence-electron chi connectivity index (χ1n) is 11.4. The second-order valence-electron chi connectivity index (χ2n) is 8.57. The van der Waals surface area contributed by atoms with E-state index in [0.717, 1.165) is 35.5 Å². The van der Waals surface area contributed by atoms with Crippen LogP contribution in [-0.4, -0.2) is 51.7 Å². The predicted octanol–water partition coefficient (Wildman–Crippen LogP) is 4.26. The number of benzene rings is 2. The van der Waals surface area contributed by atoms with E-state index in [9.17, 15) is 5.11 Å². The second-order valence-corrected chi connectivity index (χ2v) is 8.57. The summed E-state index contributed by atoms with van der Waals surface area (Å²) < 4.78 is 13.6. The van der Waals surface area contributed by atoms with Gasteiger partial charge in [-0.1, -0.05) is 41.8 Å². The molecule has 2 aromatic carbocycles. The molecule has 0 amide bonds. The van der Waals surface area contributed by atoms with Gasteiger partial charge in [0.2, 0.25) is 5.88 Å². The normalized spacial score (nSPS) is 14.3. The highest BCUT2D eigenvalue weighted by Gasteiger charge is 2.32. The summed E-state index contributed by atoms with van der Waals surface area (Å²) in [6.07, 6.45) is 6.88. The van der Waals surface area contributed by atoms with Crippen LogP contribution in [0, 0.1) is 26.2 Å². The van der Waals surface area contributed by atoms with E-state index in [1.807, 2.05) is 66.2 Å². The summed E-state index contributed by atoms with van der Waals surface area (Å²) in [6.45, 7) is 5.64. The van der Waals surface area contributed by atoms with Gasteiger partial charge in [-0.2, -0.15) is 5.10 Å². The molecule has 4 rings (SSSR count). The van der Waals surface area contributed by atoms with Crippen LogP contribution in [0.2, 0.25) is 0 Å². The van der Waals surface area contributed by atoms with Crippen molar-refractivity contribution >= 4 is 0 Å². The lowest BCUT2D eigenvalue weighted by atomic mass is 10.2. The van der Waals surface area contributed by atoms with Crippen LogP contribution in [0.3, 0.4) is 0 Å². The van der Waals surface area contributed by atoms with E-state index in [0.29, 0.717) is 25.0 Å². The van der Waals surface area contributed by atoms with Gasteiger partial charge in [-0.25, -0.2) is 4.68 Å². The van der Waals surface area contributed by atoms with Gasteiger partial charge in [0.25, 0.3) is 0 Å². The molecular weight excluding hydrogens is 414 g/mol. The Morgan fingerprint density at radius 1 is 1.15 bits per heavy atom. The molecule has 6 heteroatoms. The molecule has 1 aliphatic carbocycles. The molecule has 3 aromatic rings. The van der Waals surface area contributed by atoms with E-state index in [-0.39, 0.29) is 13.2 Å². The Kier molecular flexibility index (Phi) is 7.46. The summed E-state index contributed by atoms with van der Waals surface area (Å²) in [5.74, 6) is 3.90. The van der Waals surface area contributed by atoms with Crippen LogP contribution in [0.1, 0.15) is 29.7 Å². The molecule has 1 saturated carbocycles. The van der Waals surface area contributed by atoms with E-state index in [1.54, 1.807) is 0 Å². The van der Waals surface area contributed by atoms with Crippen molar-refractivity contribution in [2.45, 2.75) is 45.4 Å². The molecule has 1 N–H and O–H groups in total. The topological polar surface area (TPSA) is 59.8 Å². The fourth-order valence-corrected chi connectivity index (χ4v) is 3.85. The Morgan fingerprint density at radius 2 is 1.88 bits per heavy atom. The average Bonchev–Trinajstić information content (AvgIpc) is 3.62. The van der Waals surface area contributed by atoms with E-state index in [1.165, 1.54) is 5.56 Å². The number of hydrogen-bond donors (Lipinski definition) is 1. The summed E-state index contributed by atoms with van der Waals surface area (Å²) in [7, 11) is 0. The predicted molar refractivity (Wildman–Crippen MR) is 129 cm³/mol. The molecule has 1 aliphatic rings. The van der Waals surface area contributed by atoms with Crippen LogP contribution in [0.15, 0.2) is 54.6 Å². The number of aliphatic hydroxyl groups is 1. The molecule has 1 aromatic heterocycles. The molecular formula is C27H31N3O3. The smallest absolute Gasteiger partial charge is 0.227 e. The minimum absolute atomic E-state index is 0.206. The number of aromatic nitrogens is 2. The van der Waals surface area contributed by atoms with E-state index in [2.05, 4.69) is 17.7 Å². The number of nitrogens with zero attached hydrogens (tertiary/aromatic N) is 3. The molecule has 0 spiro atoms. The van der Waals surface area contributed by atoms with Crippen LogP contribution in [-0.2, 0) is 11.3 Å². The summed E-state index contributed by atoms with van der Waals surface area (Å²) in [4.78, 5) is 2.30. The standard InChI is InChI=1S/C27H31N3O3/c1-4-16-32-19-24(31)17-29(22-12-13-22)18-26-21(3)28-30(23-8-6-5-7-9-23)27(26)33-25-14-10-20(2)11-15-25/h1,5-11,14-15,22,24,31H,12-13,16-19H2,2-3H3. The van der Waals surface area contributed by atoms with Crippen molar-refractivity contribution in [3.05, 3.63) is 71.4 Å². The third-order valence-electron chi connectivity index (χ3n) is 5.74. The average molecular weight is 446 g/mol. The number of rotatable bonds is 11. The Labute approximate surface area is 195 Å². The van der Waals surface area contributed by atoms with Crippen molar-refractivity contribution in [1.29, 1.82) is 0 Å². The Hall–Kier alpha value is -3.11. The summed E-state index contributed by atoms with van der Waals surface area (Å²) >= 11 is 0. The minimum Gasteiger partial charge on any atom is -0.439 e. The molecule has 1 unspecified atom stereocenters. The van der Waals surface area contributed by atoms with Crippen LogP contribution in [0.5, 0.6) is 11.6 Å². The van der Waals surface area contributed by atoms with Crippen molar-refractivity contribution in [2.75, 3.05) is 19.8 Å². The van der Waals surface area contributed by atoms with E-state index in [4.69, 9.17) is 21.0 Å². The van der Waals surface area contributed by atoms with Crippen LogP contribution < -0.4 is 4.74 Å². The van der Waals surface area contributed by atoms with E-state index < -0.39 is 6.10 Å². The summed E-state index contributed by atoms with van der Waals surface area (Å²) in [5.41, 5.74) is 4.04. The lowest BCUT2D eigenvalue weighted by Gasteiger charge is -2.25. The number of ether oxygens (including phenoxy) is 2. The zero-order valence-corrected chi connectivity index (χ0v) is 19.3. The molecule has 0 aliphatic heterocycles. The van der Waals surface area contributed by atoms with Crippen molar-refractivity contribution in [1.82, 2.24) is 14.7 Å². The van der Waals surface area contributed by atoms with Crippen LogP contribution in [0.25, 0.3) is 5.69 Å². The molecule has 33 heavy (non-hydrogen) atoms. The highest BCUT2D eigenvalue weighted by molar-refractivity contribution is 5.43. The first-order valence-corrected chi connectivity index (χ1v) is 11.4. The fraction of sp³-hybridized carbons (Fsp3) is 0.370. The highest BCUT2D eigenvalue weighted by Crippen LogP contribution is 2.35. The van der Waals surface area contributed by atoms with Crippen molar-refractivity contribution in [3.63, 3.8) is 0 Å². The zero-order valence-electron chi connectivity index (χ0n) is 19.3. The Bertz CT molecular complexity index is 1080. The number of terminal acetylenes is 1. The van der Waals surface area contributed by atoms with Gasteiger partial charge in [0.1, 0.15) is 12.4 Å². The molecule has 0 bridgehead atoms. The van der Waals surface area contributed by atoms with Gasteiger partial charge < -0.3 is 14.6 Å². The quantitative estimate of drug-likeness (QED) is 0.353. The number of hydrogen-bond acceptors (Lipinski definition) is 5. The molecule has 1 fully saturated rings. The van der Waals surface area contributed by atoms with Gasteiger partial charge >= 0.3 is 0 Å². The first kappa shape index (κ1) is 23.1. The van der Waals surface area contributed by atoms with Gasteiger partial charge in [0, 0.05) is 19.1 Å². The Balaban J connectivity index is 1.62. The van der Waals surface area contributed by atoms with Crippen molar-refractivity contribution < 1.29 is 14.6 Å². The number of para-hydroxylation sites is 1. The van der Waals surface area contributed by atoms with Gasteiger partial charge in [0.05, 0.1) is 29.7 Å². The fourth-order valence-electron chi connectivity index (χ4n) is 3.85. The maximum Gasteiger partial charge on any atom is 0.227 e. The van der Waals surface area contributed by atoms with Crippen LogP contribution >= 0.6 is 0 Å². The molecule has 6 nitrogen and oxygen atoms in total. The van der Waals surface area contributed by atoms with Gasteiger partial charge in [0.15, 0.2) is 0 Å². The van der Waals surface area contributed by atoms with Crippen molar-refractivity contribution in [3.8, 4) is 29.7 Å². The monoisotopic (exact) mass is 445 g/mol. The third kappa shape index (κ3) is 6.02. The molecule has 1 heterocycles. The van der Waals surface area contributed by atoms with Gasteiger partial charge in [-0.05, 0) is 51.0 Å². The van der Waals surface area contributed by atoms with Gasteiger partial charge in [-0.15, -0.1) is 6.42 Å². The molecule has 172 valence electrons. The highest BCUT2D eigenvalue weighted by atomic mass is 16.5. The van der Waals surface area contributed by atoms with Crippen LogP contribution in [0.4, 0.5) is 0 Å². The molecule has 0 saturated heterocycles. The zero-order chi connectivity index (χ0) is 23.2. The lowest BCUT2D eigenvalue weighted by Crippen LogP contribution is -2.36. The maximum atomic E-state index is 10.5. The first-order chi connectivity index (χ1) is 16.0. The molecule has 0 radical (unpaired) electrons. The Morgan fingerprint density at radius 3 is 2.55 bits per heavy atom. The maximum absolute atomic E-state index is 10.5. The molecule has 1 atom stereocenters. The minimum atomic E-state index is -0.607. The summed E-state index contributed by atoms with van der Waals surface area (Å²) in [5, 5.41) is 15.3. The third-order valence-corrected chi connectivity index (χ3v) is 5.74. The largest absolute Gasteiger partial charge is 0.439 e. The lowest BCUT2D eigenvalue weighted by molar-refractivity contribution is 0.0241. The number of aryl methyl sites for hydroxylation is 2. The SMILES string of the molecule is C#CCOCC(O)CN(Cc1c(C)nn(-c2ccccc2)c1Oc1ccc(C)cc1)C1CC1.